The van der Waals surface area contributed by atoms with E-state index < -0.39 is 16.0 Å². The van der Waals surface area contributed by atoms with Crippen molar-refractivity contribution in [3.63, 3.8) is 0 Å². The number of nitrogens with one attached hydrogen (secondary N) is 1. The molecule has 2 aromatic rings. The number of halogens is 2. The topological polar surface area (TPSA) is 83.5 Å². The number of aryl methyl sites for hydroxylation is 1. The molecular weight excluding hydrogens is 365 g/mol. The van der Waals surface area contributed by atoms with Gasteiger partial charge in [0.2, 0.25) is 0 Å². The molecule has 0 aromatic carbocycles. The average Bonchev–Trinajstić information content (AvgIpc) is 2.81. The van der Waals surface area contributed by atoms with Crippen molar-refractivity contribution in [2.24, 2.45) is 0 Å². The predicted octanol–water partition coefficient (Wildman–Crippen LogP) is 3.92. The van der Waals surface area contributed by atoms with Gasteiger partial charge < -0.3 is 5.11 Å². The molecule has 0 aliphatic rings. The van der Waals surface area contributed by atoms with Crippen molar-refractivity contribution in [1.82, 2.24) is 0 Å². The maximum atomic E-state index is 12.1. The van der Waals surface area contributed by atoms with E-state index in [1.54, 1.807) is 6.92 Å². The fraction of sp³-hybridized carbons (Fsp3) is 0.100. The first-order chi connectivity index (χ1) is 9.20. The highest BCUT2D eigenvalue weighted by Gasteiger charge is 2.23. The van der Waals surface area contributed by atoms with E-state index in [1.165, 1.54) is 12.1 Å². The van der Waals surface area contributed by atoms with Crippen LogP contribution in [0.4, 0.5) is 5.00 Å². The summed E-state index contributed by atoms with van der Waals surface area (Å²) in [7, 11) is -3.89. The van der Waals surface area contributed by atoms with E-state index in [-0.39, 0.29) is 23.4 Å². The SMILES string of the molecule is Cc1cc(NS(=O)(=O)c2cc(Cl)sc2Cl)sc1C(=O)O. The number of hydrogen-bond acceptors (Lipinski definition) is 5. The Morgan fingerprint density at radius 3 is 2.40 bits per heavy atom. The van der Waals surface area contributed by atoms with E-state index >= 15 is 0 Å². The van der Waals surface area contributed by atoms with Crippen LogP contribution in [0.2, 0.25) is 8.67 Å². The molecule has 20 heavy (non-hydrogen) atoms. The maximum absolute atomic E-state index is 12.1. The van der Waals surface area contributed by atoms with E-state index in [4.69, 9.17) is 28.3 Å². The third-order valence-electron chi connectivity index (χ3n) is 2.26. The van der Waals surface area contributed by atoms with Crippen LogP contribution in [0.5, 0.6) is 0 Å². The molecule has 0 aliphatic carbocycles. The van der Waals surface area contributed by atoms with Crippen LogP contribution in [-0.2, 0) is 10.0 Å². The summed E-state index contributed by atoms with van der Waals surface area (Å²) in [5.74, 6) is -1.10. The second-order valence-electron chi connectivity index (χ2n) is 3.72. The van der Waals surface area contributed by atoms with Crippen molar-refractivity contribution in [2.75, 3.05) is 4.72 Å². The monoisotopic (exact) mass is 371 g/mol. The van der Waals surface area contributed by atoms with Crippen LogP contribution < -0.4 is 4.72 Å². The summed E-state index contributed by atoms with van der Waals surface area (Å²) in [6, 6.07) is 2.70. The van der Waals surface area contributed by atoms with E-state index in [1.807, 2.05) is 0 Å². The second kappa shape index (κ2) is 5.53. The lowest BCUT2D eigenvalue weighted by Crippen LogP contribution is -2.11. The number of sulfonamides is 1. The second-order valence-corrected chi connectivity index (χ2v) is 8.71. The van der Waals surface area contributed by atoms with Gasteiger partial charge in [0.05, 0.1) is 4.34 Å². The van der Waals surface area contributed by atoms with Crippen molar-refractivity contribution in [3.8, 4) is 0 Å². The first-order valence-electron chi connectivity index (χ1n) is 5.02. The van der Waals surface area contributed by atoms with Gasteiger partial charge in [-0.05, 0) is 24.6 Å². The molecule has 0 radical (unpaired) electrons. The van der Waals surface area contributed by atoms with Crippen LogP contribution in [0.1, 0.15) is 15.2 Å². The van der Waals surface area contributed by atoms with E-state index in [0.717, 1.165) is 22.7 Å². The number of rotatable bonds is 4. The summed E-state index contributed by atoms with van der Waals surface area (Å²) in [5.41, 5.74) is 0.481. The lowest BCUT2D eigenvalue weighted by atomic mass is 10.3. The lowest BCUT2D eigenvalue weighted by Gasteiger charge is -2.03. The normalized spacial score (nSPS) is 11.6. The molecule has 0 atom stereocenters. The van der Waals surface area contributed by atoms with E-state index in [9.17, 15) is 13.2 Å². The van der Waals surface area contributed by atoms with Crippen LogP contribution in [0.15, 0.2) is 17.0 Å². The van der Waals surface area contributed by atoms with Gasteiger partial charge in [0, 0.05) is 0 Å². The van der Waals surface area contributed by atoms with Crippen molar-refractivity contribution in [1.29, 1.82) is 0 Å². The average molecular weight is 372 g/mol. The first kappa shape index (κ1) is 15.6. The summed E-state index contributed by atoms with van der Waals surface area (Å²) >= 11 is 13.3. The molecule has 0 unspecified atom stereocenters. The molecule has 10 heteroatoms. The first-order valence-corrected chi connectivity index (χ1v) is 8.89. The van der Waals surface area contributed by atoms with Crippen molar-refractivity contribution < 1.29 is 18.3 Å². The quantitative estimate of drug-likeness (QED) is 0.852. The number of anilines is 1. The van der Waals surface area contributed by atoms with Crippen LogP contribution >= 0.6 is 45.9 Å². The van der Waals surface area contributed by atoms with Gasteiger partial charge in [-0.2, -0.15) is 0 Å². The van der Waals surface area contributed by atoms with Crippen LogP contribution in [-0.4, -0.2) is 19.5 Å². The zero-order valence-electron chi connectivity index (χ0n) is 9.81. The van der Waals surface area contributed by atoms with Gasteiger partial charge in [-0.3, -0.25) is 4.72 Å². The lowest BCUT2D eigenvalue weighted by molar-refractivity contribution is 0.0701. The Balaban J connectivity index is 2.36. The smallest absolute Gasteiger partial charge is 0.346 e. The molecule has 5 nitrogen and oxygen atoms in total. The fourth-order valence-electron chi connectivity index (χ4n) is 1.44. The van der Waals surface area contributed by atoms with Gasteiger partial charge in [-0.1, -0.05) is 23.2 Å². The number of hydrogen-bond donors (Lipinski definition) is 2. The Morgan fingerprint density at radius 2 is 1.95 bits per heavy atom. The number of carboxylic acid groups (broad SMARTS) is 1. The molecule has 2 N–H and O–H groups in total. The van der Waals surface area contributed by atoms with E-state index in [0.29, 0.717) is 5.56 Å². The standard InChI is InChI=1S/C10H7Cl2NO4S3/c1-4-2-7(19-8(4)10(14)15)13-20(16,17)5-3-6(11)18-9(5)12/h2-3,13H,1H3,(H,14,15). The van der Waals surface area contributed by atoms with Crippen molar-refractivity contribution in [3.05, 3.63) is 31.2 Å². The molecule has 0 amide bonds. The van der Waals surface area contributed by atoms with Gasteiger partial charge >= 0.3 is 5.97 Å². The van der Waals surface area contributed by atoms with Crippen molar-refractivity contribution >= 4 is 66.9 Å². The molecule has 2 heterocycles. The molecule has 0 aliphatic heterocycles. The van der Waals surface area contributed by atoms with Gasteiger partial charge in [-0.25, -0.2) is 13.2 Å². The van der Waals surface area contributed by atoms with Gasteiger partial charge in [0.25, 0.3) is 10.0 Å². The summed E-state index contributed by atoms with van der Waals surface area (Å²) < 4.78 is 26.9. The highest BCUT2D eigenvalue weighted by molar-refractivity contribution is 7.93. The fourth-order valence-corrected chi connectivity index (χ4v) is 5.79. The number of carboxylic acids is 1. The Labute approximate surface area is 132 Å². The van der Waals surface area contributed by atoms with Crippen LogP contribution in [0.25, 0.3) is 0 Å². The number of thiophene rings is 2. The largest absolute Gasteiger partial charge is 0.477 e. The minimum Gasteiger partial charge on any atom is -0.477 e. The Morgan fingerprint density at radius 1 is 1.30 bits per heavy atom. The summed E-state index contributed by atoms with van der Waals surface area (Å²) in [4.78, 5) is 10.9. The zero-order valence-corrected chi connectivity index (χ0v) is 13.8. The summed E-state index contributed by atoms with van der Waals surface area (Å²) in [5, 5.41) is 9.14. The van der Waals surface area contributed by atoms with Crippen LogP contribution in [0, 0.1) is 6.92 Å². The molecule has 2 rings (SSSR count). The highest BCUT2D eigenvalue weighted by Crippen LogP contribution is 2.36. The van der Waals surface area contributed by atoms with E-state index in [2.05, 4.69) is 4.72 Å². The number of carbonyl (C=O) groups is 1. The van der Waals surface area contributed by atoms with Crippen molar-refractivity contribution in [2.45, 2.75) is 11.8 Å². The summed E-state index contributed by atoms with van der Waals surface area (Å²) in [6.07, 6.45) is 0. The molecule has 0 saturated carbocycles. The Hall–Kier alpha value is -0.800. The van der Waals surface area contributed by atoms with Crippen LogP contribution in [0.3, 0.4) is 0 Å². The third kappa shape index (κ3) is 3.09. The predicted molar refractivity (Wildman–Crippen MR) is 81.2 cm³/mol. The minimum atomic E-state index is -3.89. The zero-order chi connectivity index (χ0) is 15.1. The van der Waals surface area contributed by atoms with Gasteiger partial charge in [0.15, 0.2) is 0 Å². The molecule has 108 valence electrons. The molecule has 0 fully saturated rings. The molecule has 0 spiro atoms. The Kier molecular flexibility index (Phi) is 4.31. The number of aromatic carboxylic acids is 1. The van der Waals surface area contributed by atoms with Gasteiger partial charge in [-0.15, -0.1) is 22.7 Å². The summed E-state index contributed by atoms with van der Waals surface area (Å²) in [6.45, 7) is 1.59. The van der Waals surface area contributed by atoms with Gasteiger partial charge in [0.1, 0.15) is 19.1 Å². The molecule has 2 aromatic heterocycles. The molecule has 0 bridgehead atoms. The Bertz CT molecular complexity index is 779. The minimum absolute atomic E-state index is 0.0502. The molecular formula is C10H7Cl2NO4S3. The molecule has 0 saturated heterocycles. The highest BCUT2D eigenvalue weighted by atomic mass is 35.5. The maximum Gasteiger partial charge on any atom is 0.346 e. The third-order valence-corrected chi connectivity index (χ3v) is 6.65.